The van der Waals surface area contributed by atoms with Crippen LogP contribution in [0.25, 0.3) is 0 Å². The van der Waals surface area contributed by atoms with Crippen LogP contribution in [0.1, 0.15) is 21.5 Å². The molecule has 0 saturated carbocycles. The second-order valence-corrected chi connectivity index (χ2v) is 5.07. The van der Waals surface area contributed by atoms with E-state index in [0.29, 0.717) is 0 Å². The second kappa shape index (κ2) is 6.85. The molecule has 0 saturated heterocycles. The number of hydrogen-bond acceptors (Lipinski definition) is 2. The van der Waals surface area contributed by atoms with Crippen LogP contribution in [-0.2, 0) is 11.2 Å². The van der Waals surface area contributed by atoms with Crippen molar-refractivity contribution < 1.29 is 19.1 Å². The Balaban J connectivity index is 2.12. The van der Waals surface area contributed by atoms with Crippen molar-refractivity contribution in [3.05, 3.63) is 71.0 Å². The van der Waals surface area contributed by atoms with Crippen molar-refractivity contribution in [2.45, 2.75) is 19.4 Å². The summed E-state index contributed by atoms with van der Waals surface area (Å²) in [5, 5.41) is 11.7. The van der Waals surface area contributed by atoms with Gasteiger partial charge >= 0.3 is 5.97 Å². The van der Waals surface area contributed by atoms with Gasteiger partial charge in [-0.1, -0.05) is 35.9 Å². The van der Waals surface area contributed by atoms with Crippen molar-refractivity contribution in [1.82, 2.24) is 5.32 Å². The number of aryl methyl sites for hydroxylation is 1. The summed E-state index contributed by atoms with van der Waals surface area (Å²) in [6, 6.07) is 11.5. The zero-order chi connectivity index (χ0) is 16.1. The fourth-order valence-electron chi connectivity index (χ4n) is 2.15. The van der Waals surface area contributed by atoms with Crippen molar-refractivity contribution in [1.29, 1.82) is 0 Å². The number of benzene rings is 2. The number of carboxylic acid groups (broad SMARTS) is 1. The summed E-state index contributed by atoms with van der Waals surface area (Å²) in [6.07, 6.45) is 0.165. The molecule has 0 aliphatic carbocycles. The molecule has 114 valence electrons. The van der Waals surface area contributed by atoms with Gasteiger partial charge in [0, 0.05) is 12.0 Å². The van der Waals surface area contributed by atoms with Crippen molar-refractivity contribution in [3.63, 3.8) is 0 Å². The zero-order valence-electron chi connectivity index (χ0n) is 12.0. The molecule has 0 aliphatic rings. The highest BCUT2D eigenvalue weighted by atomic mass is 19.1. The van der Waals surface area contributed by atoms with Crippen LogP contribution < -0.4 is 5.32 Å². The molecule has 1 atom stereocenters. The molecule has 5 heteroatoms. The number of aliphatic carboxylic acids is 1. The third-order valence-corrected chi connectivity index (χ3v) is 3.21. The molecule has 0 fully saturated rings. The van der Waals surface area contributed by atoms with Gasteiger partial charge in [-0.05, 0) is 30.7 Å². The SMILES string of the molecule is Cc1cccc(C[C@H](NC(=O)c2cccc(F)c2)C(=O)O)c1. The van der Waals surface area contributed by atoms with Crippen molar-refractivity contribution in [2.75, 3.05) is 0 Å². The van der Waals surface area contributed by atoms with Crippen LogP contribution in [0.5, 0.6) is 0 Å². The van der Waals surface area contributed by atoms with Crippen LogP contribution in [0.3, 0.4) is 0 Å². The van der Waals surface area contributed by atoms with Gasteiger partial charge in [0.1, 0.15) is 11.9 Å². The predicted octanol–water partition coefficient (Wildman–Crippen LogP) is 2.56. The third-order valence-electron chi connectivity index (χ3n) is 3.21. The van der Waals surface area contributed by atoms with E-state index in [1.165, 1.54) is 18.2 Å². The number of carbonyl (C=O) groups excluding carboxylic acids is 1. The van der Waals surface area contributed by atoms with E-state index in [0.717, 1.165) is 17.2 Å². The molecule has 0 radical (unpaired) electrons. The highest BCUT2D eigenvalue weighted by Crippen LogP contribution is 2.09. The summed E-state index contributed by atoms with van der Waals surface area (Å²) in [5.41, 5.74) is 1.92. The maximum Gasteiger partial charge on any atom is 0.326 e. The second-order valence-electron chi connectivity index (χ2n) is 5.07. The van der Waals surface area contributed by atoms with E-state index in [1.54, 1.807) is 6.07 Å². The Bertz CT molecular complexity index is 700. The van der Waals surface area contributed by atoms with Crippen molar-refractivity contribution >= 4 is 11.9 Å². The van der Waals surface area contributed by atoms with E-state index in [9.17, 15) is 19.1 Å². The third kappa shape index (κ3) is 4.15. The summed E-state index contributed by atoms with van der Waals surface area (Å²) >= 11 is 0. The number of carboxylic acids is 1. The maximum absolute atomic E-state index is 13.1. The number of halogens is 1. The molecule has 0 spiro atoms. The number of amides is 1. The lowest BCUT2D eigenvalue weighted by molar-refractivity contribution is -0.139. The van der Waals surface area contributed by atoms with Crippen LogP contribution in [0.15, 0.2) is 48.5 Å². The summed E-state index contributed by atoms with van der Waals surface area (Å²) in [7, 11) is 0. The summed E-state index contributed by atoms with van der Waals surface area (Å²) < 4.78 is 13.1. The summed E-state index contributed by atoms with van der Waals surface area (Å²) in [5.74, 6) is -2.29. The molecule has 1 amide bonds. The van der Waals surface area contributed by atoms with Gasteiger partial charge in [0.05, 0.1) is 0 Å². The van der Waals surface area contributed by atoms with Crippen LogP contribution in [0.4, 0.5) is 4.39 Å². The first kappa shape index (κ1) is 15.7. The molecular weight excluding hydrogens is 285 g/mol. The minimum Gasteiger partial charge on any atom is -0.480 e. The molecule has 2 aromatic rings. The lowest BCUT2D eigenvalue weighted by Gasteiger charge is -2.15. The average Bonchev–Trinajstić information content (AvgIpc) is 2.46. The van der Waals surface area contributed by atoms with E-state index in [4.69, 9.17) is 0 Å². The number of nitrogens with one attached hydrogen (secondary N) is 1. The molecule has 2 aromatic carbocycles. The Morgan fingerprint density at radius 2 is 1.91 bits per heavy atom. The van der Waals surface area contributed by atoms with Gasteiger partial charge in [-0.15, -0.1) is 0 Å². The van der Waals surface area contributed by atoms with E-state index in [2.05, 4.69) is 5.32 Å². The number of rotatable bonds is 5. The lowest BCUT2D eigenvalue weighted by Crippen LogP contribution is -2.42. The van der Waals surface area contributed by atoms with Gasteiger partial charge in [-0.2, -0.15) is 0 Å². The van der Waals surface area contributed by atoms with E-state index >= 15 is 0 Å². The number of carbonyl (C=O) groups is 2. The molecule has 0 heterocycles. The smallest absolute Gasteiger partial charge is 0.326 e. The average molecular weight is 301 g/mol. The van der Waals surface area contributed by atoms with Gasteiger partial charge in [0.25, 0.3) is 5.91 Å². The quantitative estimate of drug-likeness (QED) is 0.892. The Labute approximate surface area is 127 Å². The minimum atomic E-state index is -1.13. The Kier molecular flexibility index (Phi) is 4.88. The molecule has 4 nitrogen and oxygen atoms in total. The fraction of sp³-hybridized carbons (Fsp3) is 0.176. The molecule has 2 N–H and O–H groups in total. The number of hydrogen-bond donors (Lipinski definition) is 2. The molecular formula is C17H16FNO3. The maximum atomic E-state index is 13.1. The van der Waals surface area contributed by atoms with Gasteiger partial charge in [-0.3, -0.25) is 4.79 Å². The van der Waals surface area contributed by atoms with Crippen molar-refractivity contribution in [3.8, 4) is 0 Å². The highest BCUT2D eigenvalue weighted by Gasteiger charge is 2.21. The van der Waals surface area contributed by atoms with Crippen LogP contribution in [-0.4, -0.2) is 23.0 Å². The Morgan fingerprint density at radius 3 is 2.55 bits per heavy atom. The summed E-state index contributed by atoms with van der Waals surface area (Å²) in [4.78, 5) is 23.4. The highest BCUT2D eigenvalue weighted by molar-refractivity contribution is 5.96. The molecule has 0 unspecified atom stereocenters. The normalized spacial score (nSPS) is 11.7. The van der Waals surface area contributed by atoms with E-state index in [-0.39, 0.29) is 12.0 Å². The molecule has 0 bridgehead atoms. The molecule has 0 aromatic heterocycles. The Morgan fingerprint density at radius 1 is 1.18 bits per heavy atom. The van der Waals surface area contributed by atoms with E-state index in [1.807, 2.05) is 25.1 Å². The summed E-state index contributed by atoms with van der Waals surface area (Å²) in [6.45, 7) is 1.91. The van der Waals surface area contributed by atoms with Gasteiger partial charge in [0.2, 0.25) is 0 Å². The predicted molar refractivity (Wildman–Crippen MR) is 80.2 cm³/mol. The first-order chi connectivity index (χ1) is 10.5. The van der Waals surface area contributed by atoms with Gasteiger partial charge in [-0.25, -0.2) is 9.18 Å². The fourth-order valence-corrected chi connectivity index (χ4v) is 2.15. The zero-order valence-corrected chi connectivity index (χ0v) is 12.0. The molecule has 2 rings (SSSR count). The topological polar surface area (TPSA) is 66.4 Å². The van der Waals surface area contributed by atoms with E-state index < -0.39 is 23.7 Å². The van der Waals surface area contributed by atoms with Crippen LogP contribution in [0.2, 0.25) is 0 Å². The standard InChI is InChI=1S/C17H16FNO3/c1-11-4-2-5-12(8-11)9-15(17(21)22)19-16(20)13-6-3-7-14(18)10-13/h2-8,10,15H,9H2,1H3,(H,19,20)(H,21,22)/t15-/m0/s1. The molecule has 0 aliphatic heterocycles. The van der Waals surface area contributed by atoms with Crippen molar-refractivity contribution in [2.24, 2.45) is 0 Å². The monoisotopic (exact) mass is 301 g/mol. The van der Waals surface area contributed by atoms with Gasteiger partial charge in [0.15, 0.2) is 0 Å². The van der Waals surface area contributed by atoms with Crippen LogP contribution in [0, 0.1) is 12.7 Å². The largest absolute Gasteiger partial charge is 0.480 e. The van der Waals surface area contributed by atoms with Gasteiger partial charge < -0.3 is 10.4 Å². The minimum absolute atomic E-state index is 0.0930. The Hall–Kier alpha value is -2.69. The van der Waals surface area contributed by atoms with Crippen LogP contribution >= 0.6 is 0 Å². The first-order valence-corrected chi connectivity index (χ1v) is 6.80. The molecule has 22 heavy (non-hydrogen) atoms. The lowest BCUT2D eigenvalue weighted by atomic mass is 10.0. The first-order valence-electron chi connectivity index (χ1n) is 6.80.